The molecule has 186 valence electrons. The maximum atomic E-state index is 13.2. The van der Waals surface area contributed by atoms with Crippen molar-refractivity contribution in [1.29, 1.82) is 0 Å². The van der Waals surface area contributed by atoms with E-state index in [2.05, 4.69) is 27.3 Å². The van der Waals surface area contributed by atoms with E-state index in [0.717, 1.165) is 36.7 Å². The minimum Gasteiger partial charge on any atom is -0.380 e. The van der Waals surface area contributed by atoms with Crippen molar-refractivity contribution < 1.29 is 17.9 Å². The number of nitrogens with one attached hydrogen (secondary N) is 2. The Balaban J connectivity index is 3.11. The molecule has 0 heterocycles. The highest BCUT2D eigenvalue weighted by Crippen LogP contribution is 2.38. The van der Waals surface area contributed by atoms with Gasteiger partial charge in [0.05, 0.1) is 29.2 Å². The maximum absolute atomic E-state index is 13.2. The van der Waals surface area contributed by atoms with E-state index in [1.165, 1.54) is 12.1 Å². The zero-order chi connectivity index (χ0) is 24.9. The van der Waals surface area contributed by atoms with Crippen LogP contribution in [0, 0.1) is 0 Å². The Morgan fingerprint density at radius 2 is 1.97 bits per heavy atom. The number of allylic oxidation sites excluding steroid dienone is 1. The van der Waals surface area contributed by atoms with E-state index < -0.39 is 17.8 Å². The smallest absolute Gasteiger partial charge is 0.380 e. The maximum Gasteiger partial charge on any atom is 0.417 e. The lowest BCUT2D eigenvalue weighted by Crippen LogP contribution is -2.18. The average molecular weight is 509 g/mol. The van der Waals surface area contributed by atoms with Crippen LogP contribution in [0.2, 0.25) is 5.02 Å². The Bertz CT molecular complexity index is 813. The molecule has 0 saturated carbocycles. The third-order valence-electron chi connectivity index (χ3n) is 4.98. The van der Waals surface area contributed by atoms with Gasteiger partial charge in [-0.2, -0.15) is 13.2 Å². The predicted octanol–water partition coefficient (Wildman–Crippen LogP) is 6.38. The number of halogens is 5. The molecular formula is C23H33Cl2F3N4O. The molecular weight excluding hydrogens is 476 g/mol. The number of likely N-dealkylation sites (N-methyl/N-ethyl adjacent to an activating group) is 1. The van der Waals surface area contributed by atoms with Gasteiger partial charge in [0.2, 0.25) is 0 Å². The monoisotopic (exact) mass is 508 g/mol. The van der Waals surface area contributed by atoms with Crippen LogP contribution in [0.3, 0.4) is 0 Å². The lowest BCUT2D eigenvalue weighted by molar-refractivity contribution is -0.137. The Morgan fingerprint density at radius 3 is 2.55 bits per heavy atom. The molecule has 0 spiro atoms. The number of amidine groups is 1. The summed E-state index contributed by atoms with van der Waals surface area (Å²) in [6.07, 6.45) is -1.50. The van der Waals surface area contributed by atoms with Crippen molar-refractivity contribution in [3.8, 4) is 0 Å². The number of aliphatic imine (C=N–C) groups is 2. The number of nitrogens with zero attached hydrogens (tertiary/aromatic N) is 2. The fourth-order valence-corrected chi connectivity index (χ4v) is 3.83. The molecule has 1 aromatic carbocycles. The fraction of sp³-hybridized carbons (Fsp3) is 0.565. The number of benzene rings is 1. The van der Waals surface area contributed by atoms with Crippen LogP contribution in [0.1, 0.15) is 56.7 Å². The fourth-order valence-electron chi connectivity index (χ4n) is 3.27. The molecule has 10 heteroatoms. The molecule has 0 aliphatic carbocycles. The van der Waals surface area contributed by atoms with E-state index >= 15 is 0 Å². The lowest BCUT2D eigenvalue weighted by Gasteiger charge is -2.18. The number of ether oxygens (including phenoxy) is 1. The molecule has 0 aromatic heterocycles. The molecule has 0 bridgehead atoms. The summed E-state index contributed by atoms with van der Waals surface area (Å²) >= 11 is 12.0. The van der Waals surface area contributed by atoms with Crippen LogP contribution < -0.4 is 10.6 Å². The van der Waals surface area contributed by atoms with Crippen molar-refractivity contribution in [2.45, 2.75) is 51.7 Å². The molecule has 1 aromatic rings. The van der Waals surface area contributed by atoms with Crippen LogP contribution in [-0.2, 0) is 10.9 Å². The molecule has 5 nitrogen and oxygen atoms in total. The first-order valence-corrected chi connectivity index (χ1v) is 11.8. The molecule has 0 saturated heterocycles. The highest BCUT2D eigenvalue weighted by Gasteiger charge is 2.34. The Hall–Kier alpha value is -1.61. The van der Waals surface area contributed by atoms with Gasteiger partial charge >= 0.3 is 6.18 Å². The summed E-state index contributed by atoms with van der Waals surface area (Å²) in [5.74, 6) is 0.358. The third-order valence-corrected chi connectivity index (χ3v) is 5.54. The highest BCUT2D eigenvalue weighted by atomic mass is 35.5. The van der Waals surface area contributed by atoms with E-state index in [1.54, 1.807) is 6.92 Å². The number of unbranched alkanes of at least 4 members (excludes halogenated alkanes) is 1. The lowest BCUT2D eigenvalue weighted by atomic mass is 10.0. The van der Waals surface area contributed by atoms with Crippen LogP contribution >= 0.6 is 23.2 Å². The van der Waals surface area contributed by atoms with Gasteiger partial charge in [0.15, 0.2) is 5.84 Å². The summed E-state index contributed by atoms with van der Waals surface area (Å²) in [7, 11) is 1.87. The highest BCUT2D eigenvalue weighted by molar-refractivity contribution is 6.32. The minimum atomic E-state index is -4.54. The Kier molecular flexibility index (Phi) is 13.7. The third kappa shape index (κ3) is 9.65. The van der Waals surface area contributed by atoms with Crippen molar-refractivity contribution in [2.75, 3.05) is 32.8 Å². The van der Waals surface area contributed by atoms with Gasteiger partial charge in [-0.1, -0.05) is 30.7 Å². The first kappa shape index (κ1) is 29.4. The van der Waals surface area contributed by atoms with Crippen molar-refractivity contribution in [3.63, 3.8) is 0 Å². The summed E-state index contributed by atoms with van der Waals surface area (Å²) in [5.41, 5.74) is 1.09. The molecule has 33 heavy (non-hydrogen) atoms. The van der Waals surface area contributed by atoms with Crippen LogP contribution in [0.15, 0.2) is 39.5 Å². The number of hydrogen-bond acceptors (Lipinski definition) is 4. The van der Waals surface area contributed by atoms with Gasteiger partial charge in [0, 0.05) is 24.4 Å². The Labute approximate surface area is 204 Å². The SMILES string of the molecule is C=NC(=NC(C)c1cccc(C(F)(F)F)c1Cl)/C(CC)=C(/CCCCOCCNC)NCCl. The van der Waals surface area contributed by atoms with Crippen LogP contribution in [0.4, 0.5) is 13.2 Å². The molecule has 0 aliphatic rings. The molecule has 1 atom stereocenters. The summed E-state index contributed by atoms with van der Waals surface area (Å²) < 4.78 is 45.3. The quantitative estimate of drug-likeness (QED) is 0.101. The summed E-state index contributed by atoms with van der Waals surface area (Å²) in [4.78, 5) is 8.63. The second-order valence-electron chi connectivity index (χ2n) is 7.29. The molecule has 2 N–H and O–H groups in total. The second-order valence-corrected chi connectivity index (χ2v) is 7.93. The second kappa shape index (κ2) is 15.3. The topological polar surface area (TPSA) is 58.0 Å². The van der Waals surface area contributed by atoms with Crippen LogP contribution in [0.25, 0.3) is 0 Å². The van der Waals surface area contributed by atoms with E-state index in [1.807, 2.05) is 14.0 Å². The van der Waals surface area contributed by atoms with E-state index in [-0.39, 0.29) is 16.6 Å². The summed E-state index contributed by atoms with van der Waals surface area (Å²) in [6.45, 7) is 9.37. The van der Waals surface area contributed by atoms with Gasteiger partial charge in [0.25, 0.3) is 0 Å². The average Bonchev–Trinajstić information content (AvgIpc) is 2.77. The van der Waals surface area contributed by atoms with Crippen molar-refractivity contribution in [3.05, 3.63) is 45.6 Å². The standard InChI is InChI=1S/C23H33Cl2F3N4O/c1-5-17(20(31-15-24)11-6-7-13-33-14-12-29-3)22(30-4)32-16(2)18-9-8-10-19(21(18)25)23(26,27)28/h8-10,16,29,31H,4-7,11-15H2,1-3H3/b20-17-,32-22?. The van der Waals surface area contributed by atoms with Crippen LogP contribution in [-0.4, -0.2) is 45.4 Å². The largest absolute Gasteiger partial charge is 0.417 e. The summed E-state index contributed by atoms with van der Waals surface area (Å²) in [5, 5.41) is 5.83. The van der Waals surface area contributed by atoms with Gasteiger partial charge in [-0.15, -0.1) is 11.6 Å². The molecule has 1 unspecified atom stereocenters. The van der Waals surface area contributed by atoms with Gasteiger partial charge < -0.3 is 15.4 Å². The van der Waals surface area contributed by atoms with Gasteiger partial charge in [-0.3, -0.25) is 4.99 Å². The molecule has 0 amide bonds. The van der Waals surface area contributed by atoms with Gasteiger partial charge in [-0.25, -0.2) is 4.99 Å². The molecule has 0 aliphatic heterocycles. The zero-order valence-electron chi connectivity index (χ0n) is 19.4. The first-order chi connectivity index (χ1) is 15.7. The van der Waals surface area contributed by atoms with E-state index in [9.17, 15) is 13.2 Å². The van der Waals surface area contributed by atoms with Crippen LogP contribution in [0.5, 0.6) is 0 Å². The van der Waals surface area contributed by atoms with Crippen molar-refractivity contribution in [2.24, 2.45) is 9.98 Å². The normalized spacial score (nSPS) is 14.1. The number of rotatable bonds is 14. The van der Waals surface area contributed by atoms with Gasteiger partial charge in [0.1, 0.15) is 0 Å². The number of hydrogen-bond donors (Lipinski definition) is 2. The minimum absolute atomic E-state index is 0.205. The van der Waals surface area contributed by atoms with E-state index in [4.69, 9.17) is 27.9 Å². The molecule has 0 radical (unpaired) electrons. The summed E-state index contributed by atoms with van der Waals surface area (Å²) in [6, 6.07) is 3.37. The van der Waals surface area contributed by atoms with Crippen molar-refractivity contribution in [1.82, 2.24) is 10.6 Å². The number of alkyl halides is 4. The van der Waals surface area contributed by atoms with Gasteiger partial charge in [-0.05, 0) is 58.0 Å². The Morgan fingerprint density at radius 1 is 1.24 bits per heavy atom. The van der Waals surface area contributed by atoms with Crippen molar-refractivity contribution >= 4 is 35.8 Å². The zero-order valence-corrected chi connectivity index (χ0v) is 20.9. The first-order valence-electron chi connectivity index (χ1n) is 10.9. The molecule has 1 rings (SSSR count). The van der Waals surface area contributed by atoms with E-state index in [0.29, 0.717) is 31.9 Å². The molecule has 0 fully saturated rings. The predicted molar refractivity (Wildman–Crippen MR) is 132 cm³/mol.